The molecule has 0 saturated carbocycles. The van der Waals surface area contributed by atoms with Crippen LogP contribution in [0.3, 0.4) is 0 Å². The second-order valence-electron chi connectivity index (χ2n) is 7.57. The van der Waals surface area contributed by atoms with Gasteiger partial charge < -0.3 is 9.84 Å². The minimum absolute atomic E-state index is 0.0281. The molecule has 0 spiro atoms. The van der Waals surface area contributed by atoms with E-state index < -0.39 is 40.5 Å². The molecule has 0 radical (unpaired) electrons. The molecule has 1 aliphatic heterocycles. The van der Waals surface area contributed by atoms with Crippen LogP contribution < -0.4 is 4.90 Å². The number of carboxylic acid groups (broad SMARTS) is 1. The Balaban J connectivity index is 2.27. The number of allylic oxidation sites excluding steroid dienone is 2. The number of halogens is 1. The molecule has 0 fully saturated rings. The Morgan fingerprint density at radius 3 is 2.59 bits per heavy atom. The summed E-state index contributed by atoms with van der Waals surface area (Å²) in [5.41, 5.74) is -0.804. The summed E-state index contributed by atoms with van der Waals surface area (Å²) < 4.78 is 5.39. The smallest absolute Gasteiger partial charge is 0.415 e. The first kappa shape index (κ1) is 19.2. The van der Waals surface area contributed by atoms with Gasteiger partial charge in [-0.15, -0.1) is 0 Å². The minimum atomic E-state index is -1.24. The van der Waals surface area contributed by atoms with Gasteiger partial charge in [0.25, 0.3) is 5.69 Å². The highest BCUT2D eigenvalue weighted by Crippen LogP contribution is 2.53. The van der Waals surface area contributed by atoms with E-state index in [0.29, 0.717) is 6.42 Å². The minimum Gasteiger partial charge on any atom is -0.480 e. The Hall–Kier alpha value is -2.61. The molecule has 1 aliphatic carbocycles. The predicted molar refractivity (Wildman–Crippen MR) is 98.2 cm³/mol. The van der Waals surface area contributed by atoms with Crippen LogP contribution in [-0.4, -0.2) is 33.7 Å². The van der Waals surface area contributed by atoms with Crippen molar-refractivity contribution in [3.8, 4) is 0 Å². The standard InChI is InChI=1S/C18H19ClN2O6/c1-18(2,3)27-17(24)20-14(16(22)23)10-6-4-5-9(10)13-12(21(25)26)8-7-11(19)15(13)20/h4-5,7-10,14H,6H2,1-3H3,(H,22,23)/t9-,10+,14-/m0/s1. The molecule has 1 N–H and O–H groups in total. The third kappa shape index (κ3) is 3.25. The highest BCUT2D eigenvalue weighted by Gasteiger charge is 2.51. The second-order valence-corrected chi connectivity index (χ2v) is 7.98. The number of fused-ring (bicyclic) bond motifs is 3. The zero-order valence-corrected chi connectivity index (χ0v) is 15.8. The Morgan fingerprint density at radius 2 is 2.04 bits per heavy atom. The fourth-order valence-electron chi connectivity index (χ4n) is 3.75. The molecule has 0 aromatic heterocycles. The summed E-state index contributed by atoms with van der Waals surface area (Å²) in [6.07, 6.45) is 3.00. The third-order valence-corrected chi connectivity index (χ3v) is 4.96. The number of rotatable bonds is 2. The largest absolute Gasteiger partial charge is 0.480 e. The van der Waals surface area contributed by atoms with Gasteiger partial charge in [0.1, 0.15) is 11.6 Å². The SMILES string of the molecule is CC(C)(C)OC(=O)N1c2c(Cl)ccc([N+](=O)[O-])c2[C@H]2C=CC[C@H]2[C@H]1C(=O)O. The number of nitro benzene ring substituents is 1. The lowest BCUT2D eigenvalue weighted by atomic mass is 9.77. The monoisotopic (exact) mass is 394 g/mol. The fourth-order valence-corrected chi connectivity index (χ4v) is 4.01. The molecule has 1 heterocycles. The molecule has 0 saturated heterocycles. The molecular formula is C18H19ClN2O6. The number of carboxylic acids is 1. The van der Waals surface area contributed by atoms with E-state index in [0.717, 1.165) is 4.90 Å². The summed E-state index contributed by atoms with van der Waals surface area (Å²) in [5.74, 6) is -2.27. The van der Waals surface area contributed by atoms with Crippen molar-refractivity contribution in [3.63, 3.8) is 0 Å². The van der Waals surface area contributed by atoms with Crippen molar-refractivity contribution >= 4 is 35.0 Å². The maximum Gasteiger partial charge on any atom is 0.415 e. The van der Waals surface area contributed by atoms with E-state index in [-0.39, 0.29) is 22.0 Å². The zero-order valence-electron chi connectivity index (χ0n) is 15.0. The number of carbonyl (C=O) groups excluding carboxylic acids is 1. The number of nitro groups is 1. The number of hydrogen-bond donors (Lipinski definition) is 1. The Bertz CT molecular complexity index is 860. The summed E-state index contributed by atoms with van der Waals surface area (Å²) in [5, 5.41) is 21.5. The molecular weight excluding hydrogens is 376 g/mol. The van der Waals surface area contributed by atoms with Crippen LogP contribution in [-0.2, 0) is 9.53 Å². The maximum absolute atomic E-state index is 12.9. The van der Waals surface area contributed by atoms with Crippen LogP contribution in [0.5, 0.6) is 0 Å². The van der Waals surface area contributed by atoms with Crippen LogP contribution in [0.2, 0.25) is 5.02 Å². The van der Waals surface area contributed by atoms with Crippen LogP contribution >= 0.6 is 11.6 Å². The fraction of sp³-hybridized carbons (Fsp3) is 0.444. The topological polar surface area (TPSA) is 110 Å². The molecule has 1 amide bonds. The molecule has 3 rings (SSSR count). The molecule has 0 bridgehead atoms. The molecule has 8 nitrogen and oxygen atoms in total. The maximum atomic E-state index is 12.9. The third-order valence-electron chi connectivity index (χ3n) is 4.66. The lowest BCUT2D eigenvalue weighted by Gasteiger charge is -2.42. The summed E-state index contributed by atoms with van der Waals surface area (Å²) in [7, 11) is 0. The van der Waals surface area contributed by atoms with Gasteiger partial charge >= 0.3 is 12.1 Å². The van der Waals surface area contributed by atoms with Crippen LogP contribution in [0.1, 0.15) is 38.7 Å². The van der Waals surface area contributed by atoms with Gasteiger partial charge in [-0.05, 0) is 33.3 Å². The Morgan fingerprint density at radius 1 is 1.37 bits per heavy atom. The molecule has 0 unspecified atom stereocenters. The van der Waals surface area contributed by atoms with Gasteiger partial charge in [0.05, 0.1) is 21.2 Å². The Labute approximate surface area is 160 Å². The van der Waals surface area contributed by atoms with Gasteiger partial charge in [-0.25, -0.2) is 9.59 Å². The van der Waals surface area contributed by atoms with E-state index in [1.54, 1.807) is 32.9 Å². The molecule has 1 aromatic rings. The molecule has 3 atom stereocenters. The normalized spacial score (nSPS) is 23.6. The number of anilines is 1. The van der Waals surface area contributed by atoms with Crippen molar-refractivity contribution in [1.82, 2.24) is 0 Å². The molecule has 144 valence electrons. The number of aliphatic carboxylic acids is 1. The van der Waals surface area contributed by atoms with Crippen molar-refractivity contribution in [3.05, 3.63) is 45.0 Å². The molecule has 9 heteroatoms. The van der Waals surface area contributed by atoms with Crippen LogP contribution in [0.15, 0.2) is 24.3 Å². The quantitative estimate of drug-likeness (QED) is 0.459. The van der Waals surface area contributed by atoms with Gasteiger partial charge in [-0.2, -0.15) is 0 Å². The van der Waals surface area contributed by atoms with Gasteiger partial charge in [0.15, 0.2) is 0 Å². The summed E-state index contributed by atoms with van der Waals surface area (Å²) in [4.78, 5) is 37.0. The number of carbonyl (C=O) groups is 2. The summed E-state index contributed by atoms with van der Waals surface area (Å²) in [6, 6.07) is 1.33. The van der Waals surface area contributed by atoms with Crippen LogP contribution in [0, 0.1) is 16.0 Å². The Kier molecular flexibility index (Phi) is 4.63. The van der Waals surface area contributed by atoms with Crippen molar-refractivity contribution in [2.75, 3.05) is 4.90 Å². The number of nitrogens with zero attached hydrogens (tertiary/aromatic N) is 2. The van der Waals surface area contributed by atoms with Gasteiger partial charge in [0, 0.05) is 17.9 Å². The van der Waals surface area contributed by atoms with Crippen LogP contribution in [0.4, 0.5) is 16.2 Å². The van der Waals surface area contributed by atoms with Gasteiger partial charge in [-0.3, -0.25) is 15.0 Å². The number of benzene rings is 1. The predicted octanol–water partition coefficient (Wildman–Crippen LogP) is 4.12. The van der Waals surface area contributed by atoms with Gasteiger partial charge in [-0.1, -0.05) is 23.8 Å². The average Bonchev–Trinajstić information content (AvgIpc) is 3.00. The molecule has 2 aliphatic rings. The van der Waals surface area contributed by atoms with Crippen molar-refractivity contribution < 1.29 is 24.4 Å². The lowest BCUT2D eigenvalue weighted by molar-refractivity contribution is -0.385. The van der Waals surface area contributed by atoms with Crippen LogP contribution in [0.25, 0.3) is 0 Å². The second kappa shape index (κ2) is 6.53. The highest BCUT2D eigenvalue weighted by atomic mass is 35.5. The van der Waals surface area contributed by atoms with E-state index in [9.17, 15) is 24.8 Å². The summed E-state index contributed by atoms with van der Waals surface area (Å²) in [6.45, 7) is 4.96. The number of ether oxygens (including phenoxy) is 1. The average molecular weight is 395 g/mol. The van der Waals surface area contributed by atoms with E-state index in [1.807, 2.05) is 0 Å². The van der Waals surface area contributed by atoms with E-state index >= 15 is 0 Å². The molecule has 27 heavy (non-hydrogen) atoms. The zero-order chi connectivity index (χ0) is 20.1. The number of hydrogen-bond acceptors (Lipinski definition) is 5. The summed E-state index contributed by atoms with van der Waals surface area (Å²) >= 11 is 6.30. The number of amides is 1. The first-order valence-corrected chi connectivity index (χ1v) is 8.79. The van der Waals surface area contributed by atoms with E-state index in [1.165, 1.54) is 12.1 Å². The van der Waals surface area contributed by atoms with E-state index in [2.05, 4.69) is 0 Å². The molecule has 1 aromatic carbocycles. The van der Waals surface area contributed by atoms with Crippen molar-refractivity contribution in [1.29, 1.82) is 0 Å². The van der Waals surface area contributed by atoms with Crippen molar-refractivity contribution in [2.24, 2.45) is 5.92 Å². The van der Waals surface area contributed by atoms with E-state index in [4.69, 9.17) is 16.3 Å². The lowest BCUT2D eigenvalue weighted by Crippen LogP contribution is -2.54. The first-order valence-electron chi connectivity index (χ1n) is 8.41. The first-order chi connectivity index (χ1) is 12.5. The van der Waals surface area contributed by atoms with Crippen molar-refractivity contribution in [2.45, 2.75) is 44.8 Å². The van der Waals surface area contributed by atoms with Gasteiger partial charge in [0.2, 0.25) is 0 Å². The highest BCUT2D eigenvalue weighted by molar-refractivity contribution is 6.34.